The highest BCUT2D eigenvalue weighted by molar-refractivity contribution is 5.91. The maximum absolute atomic E-state index is 12.9. The molecule has 2 saturated heterocycles. The Morgan fingerprint density at radius 1 is 0.970 bits per heavy atom. The summed E-state index contributed by atoms with van der Waals surface area (Å²) in [6, 6.07) is 12.1. The van der Waals surface area contributed by atoms with Crippen LogP contribution in [0.3, 0.4) is 0 Å². The van der Waals surface area contributed by atoms with Crippen molar-refractivity contribution >= 4 is 22.6 Å². The number of fused-ring (bicyclic) bond motifs is 1. The first-order chi connectivity index (χ1) is 16.2. The zero-order chi connectivity index (χ0) is 22.6. The lowest BCUT2D eigenvalue weighted by Crippen LogP contribution is -2.49. The van der Waals surface area contributed by atoms with Gasteiger partial charge in [0.2, 0.25) is 5.91 Å². The van der Waals surface area contributed by atoms with Crippen LogP contribution in [0.15, 0.2) is 48.8 Å². The Morgan fingerprint density at radius 3 is 2.48 bits per heavy atom. The molecular formula is C26H32N6O. The number of piperazine rings is 1. The average Bonchev–Trinajstić information content (AvgIpc) is 2.89. The molecule has 2 aromatic heterocycles. The standard InChI is InChI=1S/C26H32N6O/c1-2-30-14-16-31(17-15-30)24(33)18-20-9-12-32(13-10-20)26-22-7-3-4-8-23(22)28-25(29-26)21-6-5-11-27-19-21/h3-8,11,19-20H,2,9-10,12-18H2,1H3. The third-order valence-corrected chi connectivity index (χ3v) is 7.05. The number of pyridine rings is 1. The van der Waals surface area contributed by atoms with E-state index in [0.29, 0.717) is 24.1 Å². The van der Waals surface area contributed by atoms with Crippen LogP contribution in [-0.2, 0) is 4.79 Å². The molecule has 7 nitrogen and oxygen atoms in total. The Hall–Kier alpha value is -3.06. The van der Waals surface area contributed by atoms with E-state index in [9.17, 15) is 4.79 Å². The molecular weight excluding hydrogens is 412 g/mol. The van der Waals surface area contributed by atoms with Gasteiger partial charge in [0.25, 0.3) is 0 Å². The Labute approximate surface area is 195 Å². The Kier molecular flexibility index (Phi) is 6.48. The molecule has 0 atom stereocenters. The van der Waals surface area contributed by atoms with E-state index in [1.165, 1.54) is 0 Å². The van der Waals surface area contributed by atoms with Crippen molar-refractivity contribution in [1.29, 1.82) is 0 Å². The third kappa shape index (κ3) is 4.83. The second-order valence-electron chi connectivity index (χ2n) is 9.08. The molecule has 7 heteroatoms. The molecule has 2 fully saturated rings. The summed E-state index contributed by atoms with van der Waals surface area (Å²) >= 11 is 0. The molecule has 172 valence electrons. The number of nitrogens with zero attached hydrogens (tertiary/aromatic N) is 6. The summed E-state index contributed by atoms with van der Waals surface area (Å²) in [7, 11) is 0. The van der Waals surface area contributed by atoms with E-state index in [-0.39, 0.29) is 0 Å². The van der Waals surface area contributed by atoms with Gasteiger partial charge in [-0.25, -0.2) is 9.97 Å². The van der Waals surface area contributed by atoms with Gasteiger partial charge < -0.3 is 14.7 Å². The number of anilines is 1. The summed E-state index contributed by atoms with van der Waals surface area (Å²) in [5, 5.41) is 1.08. The largest absolute Gasteiger partial charge is 0.356 e. The summed E-state index contributed by atoms with van der Waals surface area (Å²) in [5.74, 6) is 2.47. The van der Waals surface area contributed by atoms with E-state index in [4.69, 9.17) is 9.97 Å². The van der Waals surface area contributed by atoms with E-state index < -0.39 is 0 Å². The number of piperidine rings is 1. The minimum Gasteiger partial charge on any atom is -0.356 e. The lowest BCUT2D eigenvalue weighted by molar-refractivity contribution is -0.134. The fourth-order valence-corrected chi connectivity index (χ4v) is 4.96. The Balaban J connectivity index is 1.27. The SMILES string of the molecule is CCN1CCN(C(=O)CC2CCN(c3nc(-c4cccnc4)nc4ccccc34)CC2)CC1. The summed E-state index contributed by atoms with van der Waals surface area (Å²) in [4.78, 5) is 33.7. The molecule has 0 saturated carbocycles. The highest BCUT2D eigenvalue weighted by atomic mass is 16.2. The minimum absolute atomic E-state index is 0.329. The van der Waals surface area contributed by atoms with Gasteiger partial charge in [0.1, 0.15) is 5.82 Å². The fraction of sp³-hybridized carbons (Fsp3) is 0.462. The first-order valence-corrected chi connectivity index (χ1v) is 12.1. The van der Waals surface area contributed by atoms with Crippen molar-refractivity contribution in [2.75, 3.05) is 50.7 Å². The lowest BCUT2D eigenvalue weighted by Gasteiger charge is -2.36. The van der Waals surface area contributed by atoms with Crippen LogP contribution in [0, 0.1) is 5.92 Å². The first kappa shape index (κ1) is 21.8. The summed E-state index contributed by atoms with van der Waals surface area (Å²) in [5.41, 5.74) is 1.87. The highest BCUT2D eigenvalue weighted by Gasteiger charge is 2.27. The molecule has 2 aliphatic heterocycles. The molecule has 4 heterocycles. The van der Waals surface area contributed by atoms with Crippen molar-refractivity contribution in [3.63, 3.8) is 0 Å². The number of carbonyl (C=O) groups is 1. The van der Waals surface area contributed by atoms with E-state index >= 15 is 0 Å². The maximum Gasteiger partial charge on any atom is 0.222 e. The van der Waals surface area contributed by atoms with Crippen molar-refractivity contribution in [2.45, 2.75) is 26.2 Å². The molecule has 1 aromatic carbocycles. The van der Waals surface area contributed by atoms with Crippen LogP contribution in [0.2, 0.25) is 0 Å². The molecule has 2 aliphatic rings. The molecule has 1 amide bonds. The quantitative estimate of drug-likeness (QED) is 0.601. The van der Waals surface area contributed by atoms with Crippen molar-refractivity contribution < 1.29 is 4.79 Å². The van der Waals surface area contributed by atoms with Crippen LogP contribution in [0.4, 0.5) is 5.82 Å². The predicted molar refractivity (Wildman–Crippen MR) is 131 cm³/mol. The first-order valence-electron chi connectivity index (χ1n) is 12.1. The van der Waals surface area contributed by atoms with Gasteiger partial charge in [0, 0.05) is 69.0 Å². The van der Waals surface area contributed by atoms with Gasteiger partial charge in [-0.15, -0.1) is 0 Å². The summed E-state index contributed by atoms with van der Waals surface area (Å²) in [6.45, 7) is 8.82. The van der Waals surface area contributed by atoms with E-state index in [1.54, 1.807) is 6.20 Å². The molecule has 0 aliphatic carbocycles. The van der Waals surface area contributed by atoms with Crippen molar-refractivity contribution in [3.05, 3.63) is 48.8 Å². The van der Waals surface area contributed by atoms with Crippen LogP contribution in [0.1, 0.15) is 26.2 Å². The number of hydrogen-bond acceptors (Lipinski definition) is 6. The molecule has 0 unspecified atom stereocenters. The number of rotatable bonds is 5. The monoisotopic (exact) mass is 444 g/mol. The number of hydrogen-bond donors (Lipinski definition) is 0. The predicted octanol–water partition coefficient (Wildman–Crippen LogP) is 3.46. The van der Waals surface area contributed by atoms with Crippen molar-refractivity contribution in [2.24, 2.45) is 5.92 Å². The smallest absolute Gasteiger partial charge is 0.222 e. The van der Waals surface area contributed by atoms with Gasteiger partial charge in [-0.2, -0.15) is 0 Å². The Morgan fingerprint density at radius 2 is 1.76 bits per heavy atom. The summed E-state index contributed by atoms with van der Waals surface area (Å²) < 4.78 is 0. The molecule has 0 radical (unpaired) electrons. The van der Waals surface area contributed by atoms with Gasteiger partial charge in [-0.1, -0.05) is 19.1 Å². The molecule has 0 spiro atoms. The Bertz CT molecular complexity index is 1090. The normalized spacial score (nSPS) is 18.1. The van der Waals surface area contributed by atoms with E-state index in [2.05, 4.69) is 32.7 Å². The van der Waals surface area contributed by atoms with Gasteiger partial charge in [0.05, 0.1) is 5.52 Å². The molecule has 33 heavy (non-hydrogen) atoms. The summed E-state index contributed by atoms with van der Waals surface area (Å²) in [6.07, 6.45) is 6.28. The second-order valence-corrected chi connectivity index (χ2v) is 9.08. The third-order valence-electron chi connectivity index (χ3n) is 7.05. The number of benzene rings is 1. The van der Waals surface area contributed by atoms with E-state index in [1.807, 2.05) is 36.5 Å². The number of para-hydroxylation sites is 1. The van der Waals surface area contributed by atoms with Crippen LogP contribution in [0.5, 0.6) is 0 Å². The van der Waals surface area contributed by atoms with Crippen molar-refractivity contribution in [1.82, 2.24) is 24.8 Å². The minimum atomic E-state index is 0.329. The number of likely N-dealkylation sites (N-methyl/N-ethyl adjacent to an activating group) is 1. The second kappa shape index (κ2) is 9.83. The van der Waals surface area contributed by atoms with Gasteiger partial charge in [-0.05, 0) is 49.6 Å². The van der Waals surface area contributed by atoms with Crippen molar-refractivity contribution in [3.8, 4) is 11.4 Å². The zero-order valence-electron chi connectivity index (χ0n) is 19.4. The highest BCUT2D eigenvalue weighted by Crippen LogP contribution is 2.31. The van der Waals surface area contributed by atoms with Crippen LogP contribution < -0.4 is 4.90 Å². The van der Waals surface area contributed by atoms with E-state index in [0.717, 1.165) is 80.9 Å². The molecule has 5 rings (SSSR count). The molecule has 0 bridgehead atoms. The van der Waals surface area contributed by atoms with Crippen LogP contribution in [-0.4, -0.2) is 76.5 Å². The van der Waals surface area contributed by atoms with Gasteiger partial charge in [0.15, 0.2) is 5.82 Å². The van der Waals surface area contributed by atoms with Gasteiger partial charge >= 0.3 is 0 Å². The lowest BCUT2D eigenvalue weighted by atomic mass is 9.92. The number of aromatic nitrogens is 3. The molecule has 3 aromatic rings. The van der Waals surface area contributed by atoms with Crippen LogP contribution >= 0.6 is 0 Å². The number of carbonyl (C=O) groups excluding carboxylic acids is 1. The van der Waals surface area contributed by atoms with Gasteiger partial charge in [-0.3, -0.25) is 9.78 Å². The zero-order valence-corrected chi connectivity index (χ0v) is 19.4. The number of amides is 1. The van der Waals surface area contributed by atoms with Crippen LogP contribution in [0.25, 0.3) is 22.3 Å². The topological polar surface area (TPSA) is 65.5 Å². The average molecular weight is 445 g/mol. The fourth-order valence-electron chi connectivity index (χ4n) is 4.96. The molecule has 0 N–H and O–H groups in total. The maximum atomic E-state index is 12.9.